The third-order valence-corrected chi connectivity index (χ3v) is 5.48. The van der Waals surface area contributed by atoms with Gasteiger partial charge in [-0.15, -0.1) is 5.10 Å². The Morgan fingerprint density at radius 1 is 1.23 bits per heavy atom. The maximum absolute atomic E-state index is 13.0. The van der Waals surface area contributed by atoms with Crippen LogP contribution in [0.4, 0.5) is 4.39 Å². The number of hydrogen-bond donors (Lipinski definition) is 0. The van der Waals surface area contributed by atoms with Crippen molar-refractivity contribution in [2.45, 2.75) is 17.0 Å². The zero-order valence-electron chi connectivity index (χ0n) is 11.8. The fraction of sp³-hybridized carbons (Fsp3) is 0.125. The molecule has 112 valence electrons. The van der Waals surface area contributed by atoms with Crippen molar-refractivity contribution in [3.8, 4) is 5.69 Å². The fourth-order valence-corrected chi connectivity index (χ4v) is 4.32. The van der Waals surface area contributed by atoms with Crippen molar-refractivity contribution in [3.63, 3.8) is 0 Å². The Balaban J connectivity index is 1.77. The van der Waals surface area contributed by atoms with Gasteiger partial charge < -0.3 is 0 Å². The largest absolute Gasteiger partial charge is 0.211 e. The van der Waals surface area contributed by atoms with Crippen molar-refractivity contribution < 1.29 is 4.39 Å². The summed E-state index contributed by atoms with van der Waals surface area (Å²) >= 11 is 8.48. The summed E-state index contributed by atoms with van der Waals surface area (Å²) in [6, 6.07) is 14.6. The van der Waals surface area contributed by atoms with Gasteiger partial charge in [0.25, 0.3) is 0 Å². The van der Waals surface area contributed by atoms with Gasteiger partial charge in [-0.05, 0) is 49.0 Å². The molecule has 6 heteroatoms. The van der Waals surface area contributed by atoms with Crippen LogP contribution >= 0.6 is 35.3 Å². The zero-order chi connectivity index (χ0) is 15.5. The number of hydrogen-bond acceptors (Lipinski definition) is 4. The van der Waals surface area contributed by atoms with E-state index in [2.05, 4.69) is 36.3 Å². The van der Waals surface area contributed by atoms with E-state index in [-0.39, 0.29) is 5.82 Å². The average molecular weight is 348 g/mol. The summed E-state index contributed by atoms with van der Waals surface area (Å²) in [4.78, 5) is 0. The Kier molecular flexibility index (Phi) is 4.71. The van der Waals surface area contributed by atoms with E-state index in [1.165, 1.54) is 34.6 Å². The molecule has 0 amide bonds. The van der Waals surface area contributed by atoms with Crippen molar-refractivity contribution in [1.82, 2.24) is 9.78 Å². The molecule has 0 aliphatic carbocycles. The number of benzene rings is 2. The lowest BCUT2D eigenvalue weighted by atomic mass is 10.2. The molecule has 3 rings (SSSR count). The van der Waals surface area contributed by atoms with Gasteiger partial charge in [0.15, 0.2) is 8.29 Å². The quantitative estimate of drug-likeness (QED) is 0.464. The number of halogens is 1. The smallest absolute Gasteiger partial charge is 0.184 e. The van der Waals surface area contributed by atoms with Gasteiger partial charge in [0.1, 0.15) is 5.82 Å². The predicted octanol–water partition coefficient (Wildman–Crippen LogP) is 5.40. The van der Waals surface area contributed by atoms with E-state index in [0.717, 1.165) is 15.8 Å². The molecule has 0 aliphatic heterocycles. The molecular formula is C16H13FN2S3. The predicted molar refractivity (Wildman–Crippen MR) is 93.0 cm³/mol. The van der Waals surface area contributed by atoms with Crippen LogP contribution in [-0.2, 0) is 5.75 Å². The molecule has 0 saturated heterocycles. The number of rotatable bonds is 4. The van der Waals surface area contributed by atoms with Crippen LogP contribution in [0.3, 0.4) is 0 Å². The summed E-state index contributed by atoms with van der Waals surface area (Å²) in [5, 5.41) is 4.52. The monoisotopic (exact) mass is 348 g/mol. The molecule has 2 aromatic carbocycles. The third-order valence-electron chi connectivity index (χ3n) is 3.05. The number of thioether (sulfide) groups is 1. The molecule has 2 nitrogen and oxygen atoms in total. The van der Waals surface area contributed by atoms with Gasteiger partial charge in [0.2, 0.25) is 0 Å². The molecule has 0 unspecified atom stereocenters. The summed E-state index contributed by atoms with van der Waals surface area (Å²) in [6.07, 6.45) is 0. The van der Waals surface area contributed by atoms with Gasteiger partial charge in [-0.2, -0.15) is 0 Å². The van der Waals surface area contributed by atoms with E-state index in [9.17, 15) is 4.39 Å². The summed E-state index contributed by atoms with van der Waals surface area (Å²) < 4.78 is 16.2. The molecule has 1 aromatic heterocycles. The maximum Gasteiger partial charge on any atom is 0.184 e. The highest BCUT2D eigenvalue weighted by molar-refractivity contribution is 8.00. The average Bonchev–Trinajstić information content (AvgIpc) is 2.87. The lowest BCUT2D eigenvalue weighted by molar-refractivity contribution is 0.627. The van der Waals surface area contributed by atoms with Crippen molar-refractivity contribution in [1.29, 1.82) is 0 Å². The first kappa shape index (κ1) is 15.4. The van der Waals surface area contributed by atoms with Gasteiger partial charge in [-0.1, -0.05) is 52.9 Å². The Morgan fingerprint density at radius 2 is 2.00 bits per heavy atom. The number of aromatic nitrogens is 2. The summed E-state index contributed by atoms with van der Waals surface area (Å²) in [6.45, 7) is 2.08. The van der Waals surface area contributed by atoms with Crippen LogP contribution in [-0.4, -0.2) is 9.78 Å². The molecular weight excluding hydrogens is 335 g/mol. The summed E-state index contributed by atoms with van der Waals surface area (Å²) in [5.41, 5.74) is 3.30. The fourth-order valence-electron chi connectivity index (χ4n) is 2.01. The second kappa shape index (κ2) is 6.73. The van der Waals surface area contributed by atoms with E-state index in [1.807, 2.05) is 0 Å². The van der Waals surface area contributed by atoms with Gasteiger partial charge in [0, 0.05) is 5.75 Å². The summed E-state index contributed by atoms with van der Waals surface area (Å²) in [7, 11) is 0. The maximum atomic E-state index is 13.0. The highest BCUT2D eigenvalue weighted by atomic mass is 32.2. The molecule has 0 aliphatic rings. The van der Waals surface area contributed by atoms with Crippen LogP contribution in [0.15, 0.2) is 52.9 Å². The minimum absolute atomic E-state index is 0.264. The molecule has 22 heavy (non-hydrogen) atoms. The van der Waals surface area contributed by atoms with Crippen LogP contribution in [0.5, 0.6) is 0 Å². The van der Waals surface area contributed by atoms with Crippen molar-refractivity contribution in [3.05, 3.63) is 69.4 Å². The number of aryl methyl sites for hydroxylation is 1. The minimum atomic E-state index is -0.264. The van der Waals surface area contributed by atoms with Crippen LogP contribution in [0, 0.1) is 16.7 Å². The standard InChI is InChI=1S/C16H13FN2S3/c1-11-3-2-4-12(9-11)10-21-15-18-19(16(20)22-15)14-7-5-13(17)6-8-14/h2-9H,10H2,1H3. The van der Waals surface area contributed by atoms with E-state index in [1.54, 1.807) is 28.6 Å². The van der Waals surface area contributed by atoms with Crippen LogP contribution in [0.25, 0.3) is 5.69 Å². The Hall–Kier alpha value is -1.50. The lowest BCUT2D eigenvalue weighted by Gasteiger charge is -2.01. The molecule has 0 atom stereocenters. The van der Waals surface area contributed by atoms with Gasteiger partial charge in [0.05, 0.1) is 5.69 Å². The lowest BCUT2D eigenvalue weighted by Crippen LogP contribution is -1.96. The Bertz CT molecular complexity index is 837. The van der Waals surface area contributed by atoms with Crippen molar-refractivity contribution >= 4 is 35.3 Å². The Labute approximate surface area is 141 Å². The molecule has 0 saturated carbocycles. The van der Waals surface area contributed by atoms with Gasteiger partial charge in [-0.25, -0.2) is 9.07 Å². The molecule has 0 N–H and O–H groups in total. The molecule has 0 bridgehead atoms. The van der Waals surface area contributed by atoms with E-state index < -0.39 is 0 Å². The second-order valence-corrected chi connectivity index (χ2v) is 7.64. The topological polar surface area (TPSA) is 17.8 Å². The van der Waals surface area contributed by atoms with Crippen LogP contribution in [0.1, 0.15) is 11.1 Å². The van der Waals surface area contributed by atoms with Crippen LogP contribution < -0.4 is 0 Å². The molecule has 1 heterocycles. The first-order chi connectivity index (χ1) is 10.6. The molecule has 0 spiro atoms. The van der Waals surface area contributed by atoms with E-state index >= 15 is 0 Å². The normalized spacial score (nSPS) is 10.8. The first-order valence-corrected chi connectivity index (χ1v) is 8.87. The van der Waals surface area contributed by atoms with Crippen molar-refractivity contribution in [2.24, 2.45) is 0 Å². The SMILES string of the molecule is Cc1cccc(CSc2nn(-c3ccc(F)cc3)c(=S)s2)c1. The first-order valence-electron chi connectivity index (χ1n) is 6.66. The Morgan fingerprint density at radius 3 is 2.73 bits per heavy atom. The highest BCUT2D eigenvalue weighted by Gasteiger charge is 2.07. The third kappa shape index (κ3) is 3.63. The summed E-state index contributed by atoms with van der Waals surface area (Å²) in [5.74, 6) is 0.590. The van der Waals surface area contributed by atoms with Gasteiger partial charge in [-0.3, -0.25) is 0 Å². The zero-order valence-corrected chi connectivity index (χ0v) is 14.3. The van der Waals surface area contributed by atoms with Gasteiger partial charge >= 0.3 is 0 Å². The second-order valence-electron chi connectivity index (χ2n) is 4.80. The van der Waals surface area contributed by atoms with Crippen LogP contribution in [0.2, 0.25) is 0 Å². The molecule has 3 aromatic rings. The highest BCUT2D eigenvalue weighted by Crippen LogP contribution is 2.27. The minimum Gasteiger partial charge on any atom is -0.211 e. The van der Waals surface area contributed by atoms with E-state index in [0.29, 0.717) is 3.95 Å². The molecule has 0 radical (unpaired) electrons. The molecule has 0 fully saturated rings. The van der Waals surface area contributed by atoms with E-state index in [4.69, 9.17) is 12.2 Å². The van der Waals surface area contributed by atoms with Crippen molar-refractivity contribution in [2.75, 3.05) is 0 Å². The number of nitrogens with zero attached hydrogens (tertiary/aromatic N) is 2.